The highest BCUT2D eigenvalue weighted by Crippen LogP contribution is 2.43. The van der Waals surface area contributed by atoms with Crippen molar-refractivity contribution >= 4 is 27.5 Å². The van der Waals surface area contributed by atoms with Crippen LogP contribution in [0.4, 0.5) is 0 Å². The quantitative estimate of drug-likeness (QED) is 0.931. The van der Waals surface area contributed by atoms with Crippen molar-refractivity contribution in [2.45, 2.75) is 50.6 Å². The minimum absolute atomic E-state index is 0.0730. The molecule has 24 heavy (non-hydrogen) atoms. The van der Waals surface area contributed by atoms with Gasteiger partial charge in [-0.3, -0.25) is 9.69 Å². The minimum atomic E-state index is 0.0730. The number of benzene rings is 1. The van der Waals surface area contributed by atoms with Gasteiger partial charge < -0.3 is 5.32 Å². The Hall–Kier alpha value is -1.46. The summed E-state index contributed by atoms with van der Waals surface area (Å²) < 4.78 is 1.14. The van der Waals surface area contributed by atoms with E-state index in [1.54, 1.807) is 11.3 Å². The summed E-state index contributed by atoms with van der Waals surface area (Å²) in [5.41, 5.74) is 1.81. The summed E-state index contributed by atoms with van der Waals surface area (Å²) in [6.45, 7) is 4.63. The second kappa shape index (κ2) is 5.53. The number of rotatable bonds is 3. The number of hydrogen-bond donors (Lipinski definition) is 1. The maximum Gasteiger partial charge on any atom is 0.251 e. The Morgan fingerprint density at radius 3 is 2.75 bits per heavy atom. The Morgan fingerprint density at radius 1 is 1.25 bits per heavy atom. The lowest BCUT2D eigenvalue weighted by molar-refractivity contribution is 0.0217. The molecule has 1 N–H and O–H groups in total. The molecule has 2 aromatic rings. The molecule has 1 aromatic carbocycles. The SMILES string of the molecule is C[C@H]1[C@H](NC(=O)c2ccc3nc(C4CC4)sc3c2)C2CCN1CC2. The highest BCUT2D eigenvalue weighted by atomic mass is 32.1. The van der Waals surface area contributed by atoms with Crippen LogP contribution in [0.25, 0.3) is 10.2 Å². The fraction of sp³-hybridized carbons (Fsp3) is 0.579. The average molecular weight is 341 g/mol. The first-order valence-electron chi connectivity index (χ1n) is 9.14. The van der Waals surface area contributed by atoms with Crippen molar-refractivity contribution in [2.24, 2.45) is 5.92 Å². The van der Waals surface area contributed by atoms with E-state index >= 15 is 0 Å². The maximum absolute atomic E-state index is 12.8. The summed E-state index contributed by atoms with van der Waals surface area (Å²) in [7, 11) is 0. The summed E-state index contributed by atoms with van der Waals surface area (Å²) >= 11 is 1.76. The topological polar surface area (TPSA) is 45.2 Å². The summed E-state index contributed by atoms with van der Waals surface area (Å²) in [6, 6.07) is 6.71. The predicted molar refractivity (Wildman–Crippen MR) is 96.6 cm³/mol. The van der Waals surface area contributed by atoms with Gasteiger partial charge in [0.1, 0.15) is 0 Å². The third-order valence-corrected chi connectivity index (χ3v) is 7.25. The average Bonchev–Trinajstić information content (AvgIpc) is 3.37. The fourth-order valence-electron chi connectivity index (χ4n) is 4.37. The van der Waals surface area contributed by atoms with Gasteiger partial charge in [-0.05, 0) is 69.8 Å². The molecular formula is C19H23N3OS. The van der Waals surface area contributed by atoms with E-state index < -0.39 is 0 Å². The fourth-order valence-corrected chi connectivity index (χ4v) is 5.54. The molecule has 1 aromatic heterocycles. The van der Waals surface area contributed by atoms with E-state index in [2.05, 4.69) is 17.1 Å². The van der Waals surface area contributed by atoms with Crippen LogP contribution >= 0.6 is 11.3 Å². The zero-order valence-corrected chi connectivity index (χ0v) is 14.8. The molecule has 0 unspecified atom stereocenters. The molecule has 3 saturated heterocycles. The third kappa shape index (κ3) is 2.45. The highest BCUT2D eigenvalue weighted by Gasteiger charge is 2.40. The predicted octanol–water partition coefficient (Wildman–Crippen LogP) is 3.39. The standard InChI is InChI=1S/C19H23N3OS/c1-11-17(12-6-8-22(11)9-7-12)21-18(23)14-4-5-15-16(10-14)24-19(20-15)13-2-3-13/h4-5,10-13,17H,2-3,6-9H2,1H3,(H,21,23)/t11-,17-/m0/s1. The van der Waals surface area contributed by atoms with Gasteiger partial charge in [-0.25, -0.2) is 4.98 Å². The summed E-state index contributed by atoms with van der Waals surface area (Å²) in [4.78, 5) is 20.0. The molecule has 0 radical (unpaired) electrons. The first-order valence-corrected chi connectivity index (χ1v) is 9.96. The van der Waals surface area contributed by atoms with Gasteiger partial charge in [-0.15, -0.1) is 11.3 Å². The molecule has 1 aliphatic carbocycles. The van der Waals surface area contributed by atoms with Gasteiger partial charge in [0.15, 0.2) is 0 Å². The molecule has 4 aliphatic rings. The number of nitrogens with zero attached hydrogens (tertiary/aromatic N) is 2. The maximum atomic E-state index is 12.8. The number of thiazole rings is 1. The van der Waals surface area contributed by atoms with E-state index in [9.17, 15) is 4.79 Å². The smallest absolute Gasteiger partial charge is 0.251 e. The largest absolute Gasteiger partial charge is 0.347 e. The molecule has 2 bridgehead atoms. The molecule has 4 heterocycles. The van der Waals surface area contributed by atoms with Crippen LogP contribution in [0.2, 0.25) is 0 Å². The van der Waals surface area contributed by atoms with Gasteiger partial charge in [0.25, 0.3) is 5.91 Å². The van der Waals surface area contributed by atoms with Gasteiger partial charge in [-0.2, -0.15) is 0 Å². The molecule has 6 rings (SSSR count). The monoisotopic (exact) mass is 341 g/mol. The number of piperidine rings is 3. The van der Waals surface area contributed by atoms with Crippen molar-refractivity contribution in [1.29, 1.82) is 0 Å². The van der Waals surface area contributed by atoms with E-state index in [1.807, 2.05) is 18.2 Å². The third-order valence-electron chi connectivity index (χ3n) is 6.07. The molecule has 126 valence electrons. The minimum Gasteiger partial charge on any atom is -0.347 e. The van der Waals surface area contributed by atoms with Crippen molar-refractivity contribution in [3.05, 3.63) is 28.8 Å². The van der Waals surface area contributed by atoms with Crippen molar-refractivity contribution in [1.82, 2.24) is 15.2 Å². The molecule has 4 fully saturated rings. The number of nitrogens with one attached hydrogen (secondary N) is 1. The lowest BCUT2D eigenvalue weighted by Crippen LogP contribution is -2.62. The van der Waals surface area contributed by atoms with Crippen LogP contribution in [0, 0.1) is 5.92 Å². The number of carbonyl (C=O) groups excluding carboxylic acids is 1. The Bertz CT molecular complexity index is 787. The molecule has 2 atom stereocenters. The van der Waals surface area contributed by atoms with E-state index in [0.29, 0.717) is 23.9 Å². The van der Waals surface area contributed by atoms with Crippen LogP contribution in [0.5, 0.6) is 0 Å². The van der Waals surface area contributed by atoms with E-state index in [4.69, 9.17) is 4.98 Å². The van der Waals surface area contributed by atoms with Gasteiger partial charge in [-0.1, -0.05) is 0 Å². The number of aromatic nitrogens is 1. The Morgan fingerprint density at radius 2 is 2.04 bits per heavy atom. The van der Waals surface area contributed by atoms with Crippen LogP contribution in [0.1, 0.15) is 53.9 Å². The van der Waals surface area contributed by atoms with Crippen molar-refractivity contribution < 1.29 is 4.79 Å². The van der Waals surface area contributed by atoms with Crippen LogP contribution in [0.15, 0.2) is 18.2 Å². The van der Waals surface area contributed by atoms with Gasteiger partial charge in [0.2, 0.25) is 0 Å². The Balaban J connectivity index is 1.37. The van der Waals surface area contributed by atoms with Gasteiger partial charge in [0.05, 0.1) is 15.2 Å². The van der Waals surface area contributed by atoms with Gasteiger partial charge in [0, 0.05) is 23.6 Å². The number of carbonyl (C=O) groups is 1. The van der Waals surface area contributed by atoms with Crippen molar-refractivity contribution in [2.75, 3.05) is 13.1 Å². The zero-order chi connectivity index (χ0) is 16.3. The Labute approximate surface area is 146 Å². The summed E-state index contributed by atoms with van der Waals surface area (Å²) in [5, 5.41) is 4.57. The first-order chi connectivity index (χ1) is 11.7. The number of amides is 1. The molecule has 0 spiro atoms. The van der Waals surface area contributed by atoms with Crippen LogP contribution in [0.3, 0.4) is 0 Å². The zero-order valence-electron chi connectivity index (χ0n) is 14.0. The number of fused-ring (bicyclic) bond motifs is 4. The van der Waals surface area contributed by atoms with Crippen molar-refractivity contribution in [3.63, 3.8) is 0 Å². The Kier molecular flexibility index (Phi) is 3.42. The van der Waals surface area contributed by atoms with Gasteiger partial charge >= 0.3 is 0 Å². The second-order valence-corrected chi connectivity index (χ2v) is 8.68. The van der Waals surface area contributed by atoms with E-state index in [-0.39, 0.29) is 5.91 Å². The summed E-state index contributed by atoms with van der Waals surface area (Å²) in [6.07, 6.45) is 4.97. The van der Waals surface area contributed by atoms with E-state index in [1.165, 1.54) is 43.8 Å². The molecule has 1 saturated carbocycles. The summed E-state index contributed by atoms with van der Waals surface area (Å²) in [5.74, 6) is 1.39. The van der Waals surface area contributed by atoms with Crippen LogP contribution in [-0.4, -0.2) is 41.0 Å². The molecule has 1 amide bonds. The normalized spacial score (nSPS) is 32.2. The highest BCUT2D eigenvalue weighted by molar-refractivity contribution is 7.18. The van der Waals surface area contributed by atoms with Crippen LogP contribution < -0.4 is 5.32 Å². The van der Waals surface area contributed by atoms with E-state index in [0.717, 1.165) is 15.8 Å². The molecule has 5 heteroatoms. The second-order valence-electron chi connectivity index (χ2n) is 7.62. The molecule has 4 nitrogen and oxygen atoms in total. The lowest BCUT2D eigenvalue weighted by atomic mass is 9.79. The molecular weight excluding hydrogens is 318 g/mol. The van der Waals surface area contributed by atoms with Crippen molar-refractivity contribution in [3.8, 4) is 0 Å². The lowest BCUT2D eigenvalue weighted by Gasteiger charge is -2.49. The van der Waals surface area contributed by atoms with Crippen LogP contribution in [-0.2, 0) is 0 Å². The first kappa shape index (κ1) is 14.8. The molecule has 3 aliphatic heterocycles. The number of hydrogen-bond acceptors (Lipinski definition) is 4.